The molecule has 0 fully saturated rings. The van der Waals surface area contributed by atoms with Gasteiger partial charge >= 0.3 is 0 Å². The molecule has 0 saturated carbocycles. The van der Waals surface area contributed by atoms with Crippen LogP contribution in [0.1, 0.15) is 43.7 Å². The van der Waals surface area contributed by atoms with Crippen LogP contribution in [0.15, 0.2) is 40.0 Å². The molecule has 1 aliphatic heterocycles. The smallest absolute Gasteiger partial charge is 0.160 e. The molecule has 0 spiro atoms. The normalized spacial score (nSPS) is 23.6. The summed E-state index contributed by atoms with van der Waals surface area (Å²) in [4.78, 5) is 11.8. The average Bonchev–Trinajstić information content (AvgIpc) is 2.39. The molecule has 94 valence electrons. The van der Waals surface area contributed by atoms with Gasteiger partial charge in [-0.1, -0.05) is 28.1 Å². The van der Waals surface area contributed by atoms with E-state index in [9.17, 15) is 4.79 Å². The number of benzene rings is 1. The van der Waals surface area contributed by atoms with Gasteiger partial charge in [0.2, 0.25) is 0 Å². The van der Waals surface area contributed by atoms with Crippen molar-refractivity contribution >= 4 is 21.7 Å². The maximum Gasteiger partial charge on any atom is 0.160 e. The summed E-state index contributed by atoms with van der Waals surface area (Å²) >= 11 is 3.46. The van der Waals surface area contributed by atoms with Gasteiger partial charge in [0, 0.05) is 22.2 Å². The number of allylic oxidation sites excluding steroid dienone is 2. The molecule has 2 aliphatic rings. The molecule has 0 aromatic heterocycles. The van der Waals surface area contributed by atoms with Crippen LogP contribution in [0.3, 0.4) is 0 Å². The van der Waals surface area contributed by atoms with Crippen molar-refractivity contribution in [2.45, 2.75) is 38.1 Å². The van der Waals surface area contributed by atoms with E-state index in [1.807, 2.05) is 0 Å². The molecule has 0 saturated heterocycles. The summed E-state index contributed by atoms with van der Waals surface area (Å²) in [6.07, 6.45) is 4.73. The van der Waals surface area contributed by atoms with Crippen molar-refractivity contribution in [2.24, 2.45) is 0 Å². The maximum atomic E-state index is 11.8. The summed E-state index contributed by atoms with van der Waals surface area (Å²) in [6.45, 7) is 0. The molecule has 2 nitrogen and oxygen atoms in total. The van der Waals surface area contributed by atoms with Gasteiger partial charge in [-0.25, -0.2) is 0 Å². The molecule has 0 amide bonds. The molecule has 0 radical (unpaired) electrons. The number of carbonyl (C=O) groups excluding carboxylic acids is 1. The van der Waals surface area contributed by atoms with Crippen molar-refractivity contribution in [1.29, 1.82) is 0 Å². The predicted octanol–water partition coefficient (Wildman–Crippen LogP) is 3.88. The van der Waals surface area contributed by atoms with Gasteiger partial charge in [-0.15, -0.1) is 0 Å². The van der Waals surface area contributed by atoms with E-state index in [4.69, 9.17) is 0 Å². The van der Waals surface area contributed by atoms with E-state index in [1.54, 1.807) is 0 Å². The Morgan fingerprint density at radius 3 is 2.67 bits per heavy atom. The molecule has 0 bridgehead atoms. The van der Waals surface area contributed by atoms with Crippen molar-refractivity contribution in [3.05, 3.63) is 45.6 Å². The molecule has 1 heterocycles. The fraction of sp³-hybridized carbons (Fsp3) is 0.400. The number of ketones is 1. The number of carbonyl (C=O) groups is 1. The third kappa shape index (κ3) is 2.24. The largest absolute Gasteiger partial charge is 0.381 e. The Morgan fingerprint density at radius 2 is 1.89 bits per heavy atom. The van der Waals surface area contributed by atoms with Gasteiger partial charge in [-0.2, -0.15) is 0 Å². The third-order valence-electron chi connectivity index (χ3n) is 3.84. The number of Topliss-reactive ketones (excluding diaryl/α,β-unsaturated/α-hetero) is 1. The first-order valence-electron chi connectivity index (χ1n) is 6.51. The van der Waals surface area contributed by atoms with Crippen LogP contribution in [0.2, 0.25) is 0 Å². The van der Waals surface area contributed by atoms with Gasteiger partial charge in [-0.3, -0.25) is 4.79 Å². The Kier molecular flexibility index (Phi) is 3.25. The van der Waals surface area contributed by atoms with Crippen LogP contribution in [-0.2, 0) is 4.79 Å². The molecule has 1 aromatic carbocycles. The summed E-state index contributed by atoms with van der Waals surface area (Å²) in [5.41, 5.74) is 3.57. The van der Waals surface area contributed by atoms with Gasteiger partial charge in [-0.05, 0) is 43.4 Å². The number of nitrogens with one attached hydrogen (secondary N) is 1. The fourth-order valence-electron chi connectivity index (χ4n) is 2.86. The van der Waals surface area contributed by atoms with Gasteiger partial charge in [0.15, 0.2) is 5.78 Å². The standard InChI is InChI=1S/C15H16BrNO/c16-11-6-4-10(5-7-11)13-9-8-12-14(17-13)2-1-3-15(12)18/h4-7,13,17H,1-3,8-9H2/t13-/m0/s1. The Bertz CT molecular complexity index is 504. The highest BCUT2D eigenvalue weighted by atomic mass is 79.9. The third-order valence-corrected chi connectivity index (χ3v) is 4.36. The second-order valence-corrected chi connectivity index (χ2v) is 5.94. The minimum atomic E-state index is 0.359. The van der Waals surface area contributed by atoms with E-state index >= 15 is 0 Å². The Hall–Kier alpha value is -1.09. The molecule has 1 aliphatic carbocycles. The number of rotatable bonds is 1. The van der Waals surface area contributed by atoms with Gasteiger partial charge < -0.3 is 5.32 Å². The lowest BCUT2D eigenvalue weighted by atomic mass is 9.85. The first kappa shape index (κ1) is 12.0. The first-order chi connectivity index (χ1) is 8.74. The summed E-state index contributed by atoms with van der Waals surface area (Å²) in [5, 5.41) is 3.57. The van der Waals surface area contributed by atoms with E-state index in [0.717, 1.165) is 42.1 Å². The Labute approximate surface area is 116 Å². The van der Waals surface area contributed by atoms with Crippen molar-refractivity contribution in [1.82, 2.24) is 5.32 Å². The van der Waals surface area contributed by atoms with Crippen LogP contribution >= 0.6 is 15.9 Å². The number of halogens is 1. The SMILES string of the molecule is O=C1CCCC2=C1CC[C@@H](c1ccc(Br)cc1)N2. The minimum absolute atomic E-state index is 0.359. The summed E-state index contributed by atoms with van der Waals surface area (Å²) < 4.78 is 1.11. The zero-order valence-electron chi connectivity index (χ0n) is 10.2. The van der Waals surface area contributed by atoms with Crippen molar-refractivity contribution < 1.29 is 4.79 Å². The molecule has 18 heavy (non-hydrogen) atoms. The molecular weight excluding hydrogens is 290 g/mol. The highest BCUT2D eigenvalue weighted by Gasteiger charge is 2.27. The van der Waals surface area contributed by atoms with Crippen molar-refractivity contribution in [2.75, 3.05) is 0 Å². The van der Waals surface area contributed by atoms with Crippen LogP contribution in [0.4, 0.5) is 0 Å². The van der Waals surface area contributed by atoms with E-state index in [1.165, 1.54) is 11.3 Å². The summed E-state index contributed by atoms with van der Waals surface area (Å²) in [5.74, 6) is 0.359. The van der Waals surface area contributed by atoms with Crippen LogP contribution in [0.5, 0.6) is 0 Å². The lowest BCUT2D eigenvalue weighted by Crippen LogP contribution is -2.30. The second kappa shape index (κ2) is 4.88. The van der Waals surface area contributed by atoms with E-state index < -0.39 is 0 Å². The molecule has 1 aromatic rings. The highest BCUT2D eigenvalue weighted by molar-refractivity contribution is 9.10. The fourth-order valence-corrected chi connectivity index (χ4v) is 3.13. The number of hydrogen-bond acceptors (Lipinski definition) is 2. The van der Waals surface area contributed by atoms with Crippen molar-refractivity contribution in [3.63, 3.8) is 0 Å². The van der Waals surface area contributed by atoms with Gasteiger partial charge in [0.25, 0.3) is 0 Å². The summed E-state index contributed by atoms with van der Waals surface area (Å²) in [7, 11) is 0. The van der Waals surface area contributed by atoms with E-state index in [0.29, 0.717) is 11.8 Å². The average molecular weight is 306 g/mol. The van der Waals surface area contributed by atoms with Gasteiger partial charge in [0.05, 0.1) is 6.04 Å². The van der Waals surface area contributed by atoms with E-state index in [-0.39, 0.29) is 0 Å². The topological polar surface area (TPSA) is 29.1 Å². The molecule has 3 heteroatoms. The number of hydrogen-bond donors (Lipinski definition) is 1. The quantitative estimate of drug-likeness (QED) is 0.853. The Morgan fingerprint density at radius 1 is 1.11 bits per heavy atom. The Balaban J connectivity index is 1.82. The summed E-state index contributed by atoms with van der Waals surface area (Å²) in [6, 6.07) is 8.82. The van der Waals surface area contributed by atoms with E-state index in [2.05, 4.69) is 45.5 Å². The molecule has 3 rings (SSSR count). The molecule has 1 atom stereocenters. The first-order valence-corrected chi connectivity index (χ1v) is 7.30. The molecule has 1 N–H and O–H groups in total. The van der Waals surface area contributed by atoms with Crippen molar-refractivity contribution in [3.8, 4) is 0 Å². The van der Waals surface area contributed by atoms with Crippen LogP contribution in [-0.4, -0.2) is 5.78 Å². The van der Waals surface area contributed by atoms with Gasteiger partial charge in [0.1, 0.15) is 0 Å². The van der Waals surface area contributed by atoms with Crippen LogP contribution in [0.25, 0.3) is 0 Å². The van der Waals surface area contributed by atoms with Crippen LogP contribution < -0.4 is 5.32 Å². The van der Waals surface area contributed by atoms with Crippen LogP contribution in [0, 0.1) is 0 Å². The zero-order valence-corrected chi connectivity index (χ0v) is 11.8. The molecule has 0 unspecified atom stereocenters. The lowest BCUT2D eigenvalue weighted by Gasteiger charge is -2.31. The zero-order chi connectivity index (χ0) is 12.5. The monoisotopic (exact) mass is 305 g/mol. The lowest BCUT2D eigenvalue weighted by molar-refractivity contribution is -0.116. The second-order valence-electron chi connectivity index (χ2n) is 5.02. The maximum absolute atomic E-state index is 11.8. The minimum Gasteiger partial charge on any atom is -0.381 e. The molecular formula is C15H16BrNO. The highest BCUT2D eigenvalue weighted by Crippen LogP contribution is 2.34. The predicted molar refractivity (Wildman–Crippen MR) is 75.1 cm³/mol.